The van der Waals surface area contributed by atoms with Crippen LogP contribution >= 0.6 is 0 Å². The molecule has 1 aromatic heterocycles. The minimum atomic E-state index is -0.461. The number of pyridine rings is 1. The quantitative estimate of drug-likeness (QED) is 0.825. The van der Waals surface area contributed by atoms with E-state index in [1.165, 1.54) is 13.3 Å². The topological polar surface area (TPSA) is 65.2 Å². The zero-order valence-corrected chi connectivity index (χ0v) is 10.7. The van der Waals surface area contributed by atoms with Gasteiger partial charge in [-0.2, -0.15) is 0 Å². The molecule has 0 aliphatic heterocycles. The van der Waals surface area contributed by atoms with Crippen molar-refractivity contribution in [2.75, 3.05) is 12.8 Å². The van der Waals surface area contributed by atoms with Gasteiger partial charge in [-0.1, -0.05) is 32.0 Å². The Morgan fingerprint density at radius 3 is 2.72 bits per heavy atom. The van der Waals surface area contributed by atoms with Gasteiger partial charge in [0, 0.05) is 11.6 Å². The van der Waals surface area contributed by atoms with Gasteiger partial charge in [-0.3, -0.25) is 4.98 Å². The fourth-order valence-electron chi connectivity index (χ4n) is 2.01. The number of nitrogens with zero attached hydrogens (tertiary/aromatic N) is 1. The Bertz CT molecular complexity index is 606. The maximum atomic E-state index is 11.6. The first kappa shape index (κ1) is 12.4. The van der Waals surface area contributed by atoms with Crippen molar-refractivity contribution in [3.8, 4) is 0 Å². The number of ether oxygens (including phenoxy) is 1. The van der Waals surface area contributed by atoms with Crippen LogP contribution in [0.25, 0.3) is 10.9 Å². The van der Waals surface area contributed by atoms with Gasteiger partial charge in [-0.15, -0.1) is 0 Å². The van der Waals surface area contributed by atoms with Crippen LogP contribution in [0.1, 0.15) is 35.7 Å². The molecule has 1 heterocycles. The minimum Gasteiger partial charge on any atom is -0.465 e. The van der Waals surface area contributed by atoms with Crippen molar-refractivity contribution >= 4 is 22.6 Å². The standard InChI is InChI=1S/C14H16N2O2/c1-8(2)9-5-4-6-10-12(15)11(14(17)18-3)7-16-13(9)10/h4-8H,1-3H3,(H2,15,16). The highest BCUT2D eigenvalue weighted by atomic mass is 16.5. The molecule has 4 heteroatoms. The summed E-state index contributed by atoms with van der Waals surface area (Å²) in [7, 11) is 1.33. The van der Waals surface area contributed by atoms with Crippen LogP contribution < -0.4 is 5.73 Å². The first-order valence-corrected chi connectivity index (χ1v) is 5.81. The summed E-state index contributed by atoms with van der Waals surface area (Å²) < 4.78 is 4.68. The van der Waals surface area contributed by atoms with Gasteiger partial charge >= 0.3 is 5.97 Å². The number of nitrogens with two attached hydrogens (primary N) is 1. The number of methoxy groups -OCH3 is 1. The van der Waals surface area contributed by atoms with E-state index in [1.807, 2.05) is 18.2 Å². The van der Waals surface area contributed by atoms with Gasteiger partial charge in [0.25, 0.3) is 0 Å². The number of nitrogen functional groups attached to an aromatic ring is 1. The van der Waals surface area contributed by atoms with E-state index in [4.69, 9.17) is 5.73 Å². The first-order valence-electron chi connectivity index (χ1n) is 5.81. The number of rotatable bonds is 2. The molecule has 1 aromatic carbocycles. The van der Waals surface area contributed by atoms with E-state index in [-0.39, 0.29) is 0 Å². The predicted molar refractivity (Wildman–Crippen MR) is 71.6 cm³/mol. The number of hydrogen-bond acceptors (Lipinski definition) is 4. The van der Waals surface area contributed by atoms with E-state index in [2.05, 4.69) is 23.6 Å². The summed E-state index contributed by atoms with van der Waals surface area (Å²) in [5, 5.41) is 0.795. The molecule has 2 rings (SSSR count). The molecule has 4 nitrogen and oxygen atoms in total. The molecule has 0 fully saturated rings. The number of esters is 1. The number of carbonyl (C=O) groups excluding carboxylic acids is 1. The average molecular weight is 244 g/mol. The lowest BCUT2D eigenvalue weighted by molar-refractivity contribution is 0.0601. The Balaban J connectivity index is 2.73. The fraction of sp³-hybridized carbons (Fsp3) is 0.286. The zero-order chi connectivity index (χ0) is 13.3. The number of benzene rings is 1. The summed E-state index contributed by atoms with van der Waals surface area (Å²) in [5.74, 6) is -0.110. The lowest BCUT2D eigenvalue weighted by atomic mass is 9.98. The Labute approximate surface area is 106 Å². The summed E-state index contributed by atoms with van der Waals surface area (Å²) in [5.41, 5.74) is 8.73. The van der Waals surface area contributed by atoms with Crippen molar-refractivity contribution in [1.82, 2.24) is 4.98 Å². The lowest BCUT2D eigenvalue weighted by Gasteiger charge is -2.12. The molecule has 0 aliphatic carbocycles. The second-order valence-corrected chi connectivity index (χ2v) is 4.48. The molecule has 0 aliphatic rings. The molecule has 18 heavy (non-hydrogen) atoms. The first-order chi connectivity index (χ1) is 8.56. The number of fused-ring (bicyclic) bond motifs is 1. The van der Waals surface area contributed by atoms with E-state index in [0.717, 1.165) is 16.5 Å². The van der Waals surface area contributed by atoms with Crippen LogP contribution in [0.4, 0.5) is 5.69 Å². The van der Waals surface area contributed by atoms with E-state index < -0.39 is 5.97 Å². The van der Waals surface area contributed by atoms with Crippen LogP contribution in [0.15, 0.2) is 24.4 Å². The Morgan fingerprint density at radius 1 is 1.39 bits per heavy atom. The Hall–Kier alpha value is -2.10. The zero-order valence-electron chi connectivity index (χ0n) is 10.7. The van der Waals surface area contributed by atoms with Gasteiger partial charge in [0.15, 0.2) is 0 Å². The molecule has 0 atom stereocenters. The van der Waals surface area contributed by atoms with Crippen molar-refractivity contribution in [1.29, 1.82) is 0 Å². The minimum absolute atomic E-state index is 0.311. The highest BCUT2D eigenvalue weighted by molar-refractivity contribution is 6.04. The third-order valence-electron chi connectivity index (χ3n) is 3.00. The highest BCUT2D eigenvalue weighted by Crippen LogP contribution is 2.29. The van der Waals surface area contributed by atoms with Crippen molar-refractivity contribution in [2.24, 2.45) is 0 Å². The number of para-hydroxylation sites is 1. The second-order valence-electron chi connectivity index (χ2n) is 4.48. The number of hydrogen-bond donors (Lipinski definition) is 1. The molecule has 0 saturated carbocycles. The lowest BCUT2D eigenvalue weighted by Crippen LogP contribution is -2.07. The summed E-state index contributed by atoms with van der Waals surface area (Å²) in [6, 6.07) is 5.82. The van der Waals surface area contributed by atoms with Crippen LogP contribution in [-0.4, -0.2) is 18.1 Å². The normalized spacial score (nSPS) is 10.9. The number of aromatic nitrogens is 1. The molecule has 0 radical (unpaired) electrons. The Kier molecular flexibility index (Phi) is 3.19. The fourth-order valence-corrected chi connectivity index (χ4v) is 2.01. The van der Waals surface area contributed by atoms with Gasteiger partial charge in [-0.05, 0) is 11.5 Å². The molecular formula is C14H16N2O2. The molecule has 94 valence electrons. The molecule has 0 spiro atoms. The largest absolute Gasteiger partial charge is 0.465 e. The van der Waals surface area contributed by atoms with Crippen LogP contribution in [0.2, 0.25) is 0 Å². The molecule has 2 N–H and O–H groups in total. The molecule has 0 unspecified atom stereocenters. The van der Waals surface area contributed by atoms with E-state index >= 15 is 0 Å². The van der Waals surface area contributed by atoms with Gasteiger partial charge in [0.05, 0.1) is 18.3 Å². The van der Waals surface area contributed by atoms with E-state index in [1.54, 1.807) is 0 Å². The smallest absolute Gasteiger partial charge is 0.341 e. The van der Waals surface area contributed by atoms with Gasteiger partial charge in [0.1, 0.15) is 5.56 Å². The molecule has 0 saturated heterocycles. The summed E-state index contributed by atoms with van der Waals surface area (Å²) >= 11 is 0. The van der Waals surface area contributed by atoms with Gasteiger partial charge in [-0.25, -0.2) is 4.79 Å². The van der Waals surface area contributed by atoms with Crippen molar-refractivity contribution < 1.29 is 9.53 Å². The van der Waals surface area contributed by atoms with Crippen LogP contribution in [-0.2, 0) is 4.74 Å². The highest BCUT2D eigenvalue weighted by Gasteiger charge is 2.15. The van der Waals surface area contributed by atoms with Crippen LogP contribution in [0, 0.1) is 0 Å². The monoisotopic (exact) mass is 244 g/mol. The van der Waals surface area contributed by atoms with Crippen molar-refractivity contribution in [3.63, 3.8) is 0 Å². The number of carbonyl (C=O) groups is 1. The van der Waals surface area contributed by atoms with E-state index in [9.17, 15) is 4.79 Å². The molecular weight excluding hydrogens is 228 g/mol. The van der Waals surface area contributed by atoms with Crippen LogP contribution in [0.5, 0.6) is 0 Å². The second kappa shape index (κ2) is 4.64. The summed E-state index contributed by atoms with van der Waals surface area (Å²) in [6.07, 6.45) is 1.48. The van der Waals surface area contributed by atoms with Gasteiger partial charge < -0.3 is 10.5 Å². The summed E-state index contributed by atoms with van der Waals surface area (Å²) in [6.45, 7) is 4.20. The molecule has 0 amide bonds. The molecule has 0 bridgehead atoms. The third-order valence-corrected chi connectivity index (χ3v) is 3.00. The van der Waals surface area contributed by atoms with Crippen molar-refractivity contribution in [2.45, 2.75) is 19.8 Å². The SMILES string of the molecule is COC(=O)c1cnc2c(C(C)C)cccc2c1N. The van der Waals surface area contributed by atoms with Crippen LogP contribution in [0.3, 0.4) is 0 Å². The number of anilines is 1. The molecule has 2 aromatic rings. The Morgan fingerprint density at radius 2 is 2.11 bits per heavy atom. The predicted octanol–water partition coefficient (Wildman–Crippen LogP) is 2.73. The third kappa shape index (κ3) is 1.90. The van der Waals surface area contributed by atoms with Crippen molar-refractivity contribution in [3.05, 3.63) is 35.5 Å². The average Bonchev–Trinajstić information content (AvgIpc) is 2.37. The maximum Gasteiger partial charge on any atom is 0.341 e. The summed E-state index contributed by atoms with van der Waals surface area (Å²) in [4.78, 5) is 15.9. The maximum absolute atomic E-state index is 11.6. The van der Waals surface area contributed by atoms with Gasteiger partial charge in [0.2, 0.25) is 0 Å². The van der Waals surface area contributed by atoms with E-state index in [0.29, 0.717) is 17.2 Å².